The number of aromatic hydroxyl groups is 1. The molecule has 1 aliphatic heterocycles. The van der Waals surface area contributed by atoms with Crippen molar-refractivity contribution in [2.75, 3.05) is 39.1 Å². The third-order valence-electron chi connectivity index (χ3n) is 7.58. The first kappa shape index (κ1) is 31.4. The first-order valence-electron chi connectivity index (χ1n) is 14.5. The third-order valence-corrected chi connectivity index (χ3v) is 7.58. The minimum Gasteiger partial charge on any atom is -0.508 e. The third kappa shape index (κ3) is 8.26. The molecule has 0 unspecified atom stereocenters. The van der Waals surface area contributed by atoms with Gasteiger partial charge in [0.15, 0.2) is 0 Å². The fourth-order valence-electron chi connectivity index (χ4n) is 5.53. The predicted molar refractivity (Wildman–Crippen MR) is 167 cm³/mol. The van der Waals surface area contributed by atoms with Crippen LogP contribution in [0.25, 0.3) is 0 Å². The number of phenolic OH excluding ortho intramolecular Hbond substituents is 1. The number of carbonyl (C=O) groups excluding carboxylic acids is 3. The lowest BCUT2D eigenvalue weighted by atomic mass is 9.97. The molecule has 1 heterocycles. The van der Waals surface area contributed by atoms with Crippen molar-refractivity contribution in [3.05, 3.63) is 95.1 Å². The van der Waals surface area contributed by atoms with Crippen LogP contribution in [0.5, 0.6) is 5.75 Å². The average Bonchev–Trinajstić information content (AvgIpc) is 2.96. The summed E-state index contributed by atoms with van der Waals surface area (Å²) in [5.41, 5.74) is 7.67. The second kappa shape index (κ2) is 14.1. The van der Waals surface area contributed by atoms with Crippen molar-refractivity contribution in [1.82, 2.24) is 25.6 Å². The lowest BCUT2D eigenvalue weighted by Gasteiger charge is -2.45. The standard InChI is InChI=1S/C33H42N6O4/c1-23-11-16-29(36(3)4)27(17-23)21-38-20-24(2)39(30(32(38)42)18-25-12-14-28(40)15-13-25)31(41)22-37(5)35-33(43)34-19-26-9-7-6-8-10-26/h6-17,24,30,40H,18-22H2,1-5H3,(H2,34,35,43)/t24-,30-/m0/s1. The molecule has 3 aromatic carbocycles. The minimum absolute atomic E-state index is 0.106. The summed E-state index contributed by atoms with van der Waals surface area (Å²) < 4.78 is 0. The number of hydrogen-bond acceptors (Lipinski definition) is 6. The van der Waals surface area contributed by atoms with E-state index < -0.39 is 12.1 Å². The summed E-state index contributed by atoms with van der Waals surface area (Å²) in [5, 5.41) is 14.0. The fourth-order valence-corrected chi connectivity index (χ4v) is 5.53. The zero-order valence-corrected chi connectivity index (χ0v) is 25.6. The maximum Gasteiger partial charge on any atom is 0.329 e. The molecule has 0 radical (unpaired) electrons. The molecule has 1 aliphatic rings. The van der Waals surface area contributed by atoms with Crippen LogP contribution in [0.1, 0.15) is 29.2 Å². The number of rotatable bonds is 10. The minimum atomic E-state index is -0.742. The number of nitrogens with zero attached hydrogens (tertiary/aromatic N) is 4. The van der Waals surface area contributed by atoms with Gasteiger partial charge in [-0.2, -0.15) is 0 Å². The first-order chi connectivity index (χ1) is 20.5. The summed E-state index contributed by atoms with van der Waals surface area (Å²) in [5.74, 6) is -0.267. The van der Waals surface area contributed by atoms with Crippen LogP contribution in [0, 0.1) is 6.92 Å². The van der Waals surface area contributed by atoms with E-state index in [2.05, 4.69) is 28.9 Å². The molecular formula is C33H42N6O4. The quantitative estimate of drug-likeness (QED) is 0.315. The van der Waals surface area contributed by atoms with Crippen molar-refractivity contribution in [2.45, 2.75) is 45.4 Å². The van der Waals surface area contributed by atoms with Crippen LogP contribution < -0.4 is 15.6 Å². The van der Waals surface area contributed by atoms with Gasteiger partial charge in [-0.05, 0) is 48.7 Å². The zero-order chi connectivity index (χ0) is 31.1. The predicted octanol–water partition coefficient (Wildman–Crippen LogP) is 3.28. The highest BCUT2D eigenvalue weighted by Gasteiger charge is 2.41. The number of hydrogen-bond donors (Lipinski definition) is 3. The maximum absolute atomic E-state index is 14.1. The molecule has 0 saturated carbocycles. The van der Waals surface area contributed by atoms with E-state index >= 15 is 0 Å². The van der Waals surface area contributed by atoms with E-state index in [1.807, 2.05) is 68.1 Å². The highest BCUT2D eigenvalue weighted by atomic mass is 16.3. The normalized spacial score (nSPS) is 16.7. The Labute approximate surface area is 253 Å². The van der Waals surface area contributed by atoms with Crippen LogP contribution in [-0.4, -0.2) is 84.1 Å². The monoisotopic (exact) mass is 586 g/mol. The first-order valence-corrected chi connectivity index (χ1v) is 14.5. The highest BCUT2D eigenvalue weighted by Crippen LogP contribution is 2.27. The van der Waals surface area contributed by atoms with Gasteiger partial charge in [0.1, 0.15) is 11.8 Å². The summed E-state index contributed by atoms with van der Waals surface area (Å²) in [6.07, 6.45) is 0.300. The van der Waals surface area contributed by atoms with Gasteiger partial charge in [0, 0.05) is 58.9 Å². The summed E-state index contributed by atoms with van der Waals surface area (Å²) in [6.45, 7) is 5.04. The number of anilines is 1. The molecule has 1 saturated heterocycles. The second-order valence-corrected chi connectivity index (χ2v) is 11.4. The Balaban J connectivity index is 1.49. The summed E-state index contributed by atoms with van der Waals surface area (Å²) >= 11 is 0. The van der Waals surface area contributed by atoms with E-state index in [-0.39, 0.29) is 30.2 Å². The van der Waals surface area contributed by atoms with Gasteiger partial charge in [-0.15, -0.1) is 0 Å². The Morgan fingerprint density at radius 3 is 2.35 bits per heavy atom. The van der Waals surface area contributed by atoms with Gasteiger partial charge in [-0.3, -0.25) is 15.0 Å². The number of hydrazine groups is 1. The molecule has 4 amide bonds. The van der Waals surface area contributed by atoms with Crippen molar-refractivity contribution >= 4 is 23.5 Å². The van der Waals surface area contributed by atoms with E-state index in [9.17, 15) is 19.5 Å². The number of aryl methyl sites for hydroxylation is 1. The number of likely N-dealkylation sites (N-methyl/N-ethyl adjacent to an activating group) is 1. The summed E-state index contributed by atoms with van der Waals surface area (Å²) in [7, 11) is 5.59. The number of nitrogens with one attached hydrogen (secondary N) is 2. The second-order valence-electron chi connectivity index (χ2n) is 11.4. The van der Waals surface area contributed by atoms with Crippen LogP contribution >= 0.6 is 0 Å². The number of carbonyl (C=O) groups is 3. The van der Waals surface area contributed by atoms with E-state index in [1.165, 1.54) is 5.01 Å². The average molecular weight is 587 g/mol. The molecule has 228 valence electrons. The topological polar surface area (TPSA) is 108 Å². The molecule has 10 nitrogen and oxygen atoms in total. The van der Waals surface area contributed by atoms with Gasteiger partial charge in [0.05, 0.1) is 6.54 Å². The molecule has 0 aliphatic carbocycles. The van der Waals surface area contributed by atoms with Crippen molar-refractivity contribution in [1.29, 1.82) is 0 Å². The van der Waals surface area contributed by atoms with Gasteiger partial charge < -0.3 is 25.1 Å². The van der Waals surface area contributed by atoms with Crippen LogP contribution in [-0.2, 0) is 29.1 Å². The molecule has 1 fully saturated rings. The van der Waals surface area contributed by atoms with Crippen LogP contribution in [0.15, 0.2) is 72.8 Å². The van der Waals surface area contributed by atoms with Crippen molar-refractivity contribution in [3.8, 4) is 5.75 Å². The smallest absolute Gasteiger partial charge is 0.329 e. The molecule has 43 heavy (non-hydrogen) atoms. The molecule has 0 bridgehead atoms. The summed E-state index contributed by atoms with van der Waals surface area (Å²) in [6, 6.07) is 21.0. The van der Waals surface area contributed by atoms with Crippen molar-refractivity contribution in [3.63, 3.8) is 0 Å². The van der Waals surface area contributed by atoms with Crippen molar-refractivity contribution in [2.24, 2.45) is 0 Å². The molecule has 3 aromatic rings. The lowest BCUT2D eigenvalue weighted by Crippen LogP contribution is -2.64. The van der Waals surface area contributed by atoms with Gasteiger partial charge in [-0.25, -0.2) is 9.80 Å². The van der Waals surface area contributed by atoms with Crippen LogP contribution in [0.4, 0.5) is 10.5 Å². The van der Waals surface area contributed by atoms with E-state index in [1.54, 1.807) is 36.2 Å². The number of urea groups is 1. The molecule has 0 aromatic heterocycles. The zero-order valence-electron chi connectivity index (χ0n) is 25.6. The number of benzene rings is 3. The molecule has 3 N–H and O–H groups in total. The van der Waals surface area contributed by atoms with Gasteiger partial charge in [0.25, 0.3) is 0 Å². The van der Waals surface area contributed by atoms with E-state index in [0.717, 1.165) is 27.9 Å². The molecule has 0 spiro atoms. The van der Waals surface area contributed by atoms with E-state index in [0.29, 0.717) is 26.1 Å². The van der Waals surface area contributed by atoms with Crippen molar-refractivity contribution < 1.29 is 19.5 Å². The SMILES string of the molecule is Cc1ccc(N(C)C)c(CN2C[C@H](C)N(C(=O)CN(C)NC(=O)NCc3ccccc3)[C@@H](Cc3ccc(O)cc3)C2=O)c1. The Kier molecular flexibility index (Phi) is 10.3. The Morgan fingerprint density at radius 2 is 1.67 bits per heavy atom. The van der Waals surface area contributed by atoms with Gasteiger partial charge in [0.2, 0.25) is 11.8 Å². The Hall–Kier alpha value is -4.57. The number of amides is 4. The summed E-state index contributed by atoms with van der Waals surface area (Å²) in [4.78, 5) is 45.8. The number of piperazine rings is 1. The Bertz CT molecular complexity index is 1410. The fraction of sp³-hybridized carbons (Fsp3) is 0.364. The highest BCUT2D eigenvalue weighted by molar-refractivity contribution is 5.90. The molecule has 2 atom stereocenters. The van der Waals surface area contributed by atoms with E-state index in [4.69, 9.17) is 0 Å². The largest absolute Gasteiger partial charge is 0.508 e. The van der Waals surface area contributed by atoms with Crippen LogP contribution in [0.3, 0.4) is 0 Å². The molecule has 4 rings (SSSR count). The lowest BCUT2D eigenvalue weighted by molar-refractivity contribution is -0.156. The Morgan fingerprint density at radius 1 is 0.977 bits per heavy atom. The molecule has 10 heteroatoms. The molecular weight excluding hydrogens is 544 g/mol. The van der Waals surface area contributed by atoms with Gasteiger partial charge >= 0.3 is 6.03 Å². The van der Waals surface area contributed by atoms with Crippen LogP contribution in [0.2, 0.25) is 0 Å². The van der Waals surface area contributed by atoms with Gasteiger partial charge in [-0.1, -0.05) is 60.2 Å². The maximum atomic E-state index is 14.1. The number of phenols is 1.